The smallest absolute Gasteiger partial charge is 0.323 e. The van der Waals surface area contributed by atoms with Crippen molar-refractivity contribution in [3.05, 3.63) is 75.5 Å². The maximum absolute atomic E-state index is 12.9. The van der Waals surface area contributed by atoms with Gasteiger partial charge in [-0.15, -0.1) is 0 Å². The van der Waals surface area contributed by atoms with Crippen molar-refractivity contribution in [3.63, 3.8) is 0 Å². The largest absolute Gasteiger partial charge is 0.416 e. The molecule has 1 heterocycles. The summed E-state index contributed by atoms with van der Waals surface area (Å²) in [6.07, 6.45) is -4.63. The van der Waals surface area contributed by atoms with Crippen LogP contribution in [0, 0.1) is 0 Å². The molecule has 0 fully saturated rings. The Morgan fingerprint density at radius 3 is 2.34 bits per heavy atom. The Morgan fingerprint density at radius 1 is 1.03 bits per heavy atom. The van der Waals surface area contributed by atoms with Crippen LogP contribution in [-0.4, -0.2) is 21.6 Å². The first-order valence-corrected chi connectivity index (χ1v) is 9.54. The number of nitrogens with one attached hydrogen (secondary N) is 2. The highest BCUT2D eigenvalue weighted by Crippen LogP contribution is 2.33. The summed E-state index contributed by atoms with van der Waals surface area (Å²) >= 11 is 5.90. The van der Waals surface area contributed by atoms with E-state index in [2.05, 4.69) is 15.7 Å². The van der Waals surface area contributed by atoms with Gasteiger partial charge in [0.25, 0.3) is 5.56 Å². The zero-order valence-corrected chi connectivity index (χ0v) is 17.3. The Balaban J connectivity index is 1.93. The Bertz CT molecular complexity index is 1230. The summed E-state index contributed by atoms with van der Waals surface area (Å²) in [6, 6.07) is 12.6. The maximum atomic E-state index is 12.9. The molecule has 0 radical (unpaired) electrons. The topological polar surface area (TPSA) is 93.1 Å². The molecule has 0 aliphatic heterocycles. The minimum atomic E-state index is -4.63. The van der Waals surface area contributed by atoms with Crippen molar-refractivity contribution in [1.29, 1.82) is 0 Å². The molecule has 11 heteroatoms. The Morgan fingerprint density at radius 2 is 1.72 bits per heavy atom. The van der Waals surface area contributed by atoms with Crippen molar-refractivity contribution in [3.8, 4) is 11.3 Å². The van der Waals surface area contributed by atoms with Crippen LogP contribution in [0.1, 0.15) is 12.5 Å². The van der Waals surface area contributed by atoms with Crippen molar-refractivity contribution in [2.75, 3.05) is 10.6 Å². The van der Waals surface area contributed by atoms with Crippen LogP contribution in [0.3, 0.4) is 0 Å². The van der Waals surface area contributed by atoms with E-state index < -0.39 is 35.7 Å². The van der Waals surface area contributed by atoms with Crippen molar-refractivity contribution >= 4 is 34.8 Å². The number of hydrogen-bond donors (Lipinski definition) is 2. The van der Waals surface area contributed by atoms with E-state index in [1.54, 1.807) is 30.3 Å². The molecule has 0 atom stereocenters. The molecule has 2 N–H and O–H groups in total. The van der Waals surface area contributed by atoms with E-state index in [4.69, 9.17) is 11.6 Å². The number of amides is 2. The van der Waals surface area contributed by atoms with Crippen LogP contribution in [0.15, 0.2) is 59.4 Å². The number of hydrogen-bond acceptors (Lipinski definition) is 4. The lowest BCUT2D eigenvalue weighted by molar-refractivity contribution is -0.137. The number of carbonyl (C=O) groups is 2. The molecule has 0 aliphatic carbocycles. The van der Waals surface area contributed by atoms with Crippen molar-refractivity contribution < 1.29 is 22.8 Å². The number of rotatable bonds is 5. The van der Waals surface area contributed by atoms with Gasteiger partial charge < -0.3 is 10.6 Å². The van der Waals surface area contributed by atoms with Gasteiger partial charge in [0.15, 0.2) is 0 Å². The normalized spacial score (nSPS) is 11.2. The minimum Gasteiger partial charge on any atom is -0.323 e. The molecule has 0 aliphatic rings. The molecule has 2 aromatic carbocycles. The number of aromatic nitrogens is 2. The van der Waals surface area contributed by atoms with Crippen molar-refractivity contribution in [1.82, 2.24) is 9.78 Å². The number of benzene rings is 2. The quantitative estimate of drug-likeness (QED) is 0.592. The molecule has 0 saturated heterocycles. The standard InChI is InChI=1S/C21H16ClF3N4O3/c1-12(30)26-18-10-16(13-5-3-2-4-6-13)28-29(20(18)32)11-19(31)27-17-9-14(21(23,24)25)7-8-15(17)22/h2-10H,11H2,1H3,(H,26,30)(H,27,31). The number of alkyl halides is 3. The van der Waals surface area contributed by atoms with Crippen molar-refractivity contribution in [2.45, 2.75) is 19.6 Å². The van der Waals surface area contributed by atoms with Gasteiger partial charge in [-0.1, -0.05) is 41.9 Å². The van der Waals surface area contributed by atoms with Gasteiger partial charge in [-0.3, -0.25) is 14.4 Å². The third-order valence-electron chi connectivity index (χ3n) is 4.22. The number of anilines is 2. The summed E-state index contributed by atoms with van der Waals surface area (Å²) in [4.78, 5) is 36.6. The highest BCUT2D eigenvalue weighted by molar-refractivity contribution is 6.33. The van der Waals surface area contributed by atoms with Crippen LogP contribution in [-0.2, 0) is 22.3 Å². The lowest BCUT2D eigenvalue weighted by Gasteiger charge is -2.13. The van der Waals surface area contributed by atoms with E-state index in [0.29, 0.717) is 17.3 Å². The van der Waals surface area contributed by atoms with Crippen LogP contribution in [0.2, 0.25) is 5.02 Å². The minimum absolute atomic E-state index is 0.101. The first kappa shape index (κ1) is 23.0. The van der Waals surface area contributed by atoms with Gasteiger partial charge in [0.1, 0.15) is 12.2 Å². The SMILES string of the molecule is CC(=O)Nc1cc(-c2ccccc2)nn(CC(=O)Nc2cc(C(F)(F)F)ccc2Cl)c1=O. The summed E-state index contributed by atoms with van der Waals surface area (Å²) in [6.45, 7) is 0.591. The molecule has 7 nitrogen and oxygen atoms in total. The Kier molecular flexibility index (Phi) is 6.64. The van der Waals surface area contributed by atoms with Gasteiger partial charge in [-0.25, -0.2) is 4.68 Å². The van der Waals surface area contributed by atoms with Crippen LogP contribution >= 0.6 is 11.6 Å². The second kappa shape index (κ2) is 9.23. The average molecular weight is 465 g/mol. The van der Waals surface area contributed by atoms with E-state index in [9.17, 15) is 27.6 Å². The Labute approximate surface area is 184 Å². The molecule has 32 heavy (non-hydrogen) atoms. The first-order chi connectivity index (χ1) is 15.0. The van der Waals surface area contributed by atoms with Crippen LogP contribution < -0.4 is 16.2 Å². The fourth-order valence-corrected chi connectivity index (χ4v) is 2.97. The van der Waals surface area contributed by atoms with Crippen LogP contribution in [0.25, 0.3) is 11.3 Å². The molecule has 1 aromatic heterocycles. The molecule has 0 saturated carbocycles. The fraction of sp³-hybridized carbons (Fsp3) is 0.143. The van der Waals surface area contributed by atoms with E-state index in [0.717, 1.165) is 16.8 Å². The van der Waals surface area contributed by atoms with Crippen molar-refractivity contribution in [2.24, 2.45) is 0 Å². The second-order valence-electron chi connectivity index (χ2n) is 6.69. The summed E-state index contributed by atoms with van der Waals surface area (Å²) in [7, 11) is 0. The third-order valence-corrected chi connectivity index (χ3v) is 4.55. The molecular weight excluding hydrogens is 449 g/mol. The zero-order chi connectivity index (χ0) is 23.5. The molecule has 3 rings (SSSR count). The molecule has 0 spiro atoms. The monoisotopic (exact) mass is 464 g/mol. The lowest BCUT2D eigenvalue weighted by atomic mass is 10.1. The number of nitrogens with zero attached hydrogens (tertiary/aromatic N) is 2. The van der Waals surface area contributed by atoms with E-state index in [-0.39, 0.29) is 16.4 Å². The van der Waals surface area contributed by atoms with Gasteiger partial charge in [-0.05, 0) is 24.3 Å². The zero-order valence-electron chi connectivity index (χ0n) is 16.5. The van der Waals surface area contributed by atoms with Gasteiger partial charge in [-0.2, -0.15) is 18.3 Å². The summed E-state index contributed by atoms with van der Waals surface area (Å²) in [5, 5.41) is 8.69. The van der Waals surface area contributed by atoms with Gasteiger partial charge >= 0.3 is 6.18 Å². The first-order valence-electron chi connectivity index (χ1n) is 9.16. The summed E-state index contributed by atoms with van der Waals surface area (Å²) in [5.41, 5.74) is -1.19. The van der Waals surface area contributed by atoms with Crippen LogP contribution in [0.4, 0.5) is 24.5 Å². The fourth-order valence-electron chi connectivity index (χ4n) is 2.80. The number of halogens is 4. The Hall–Kier alpha value is -3.66. The molecule has 0 unspecified atom stereocenters. The molecule has 2 amide bonds. The van der Waals surface area contributed by atoms with E-state index >= 15 is 0 Å². The second-order valence-corrected chi connectivity index (χ2v) is 7.10. The number of carbonyl (C=O) groups excluding carboxylic acids is 2. The highest BCUT2D eigenvalue weighted by Gasteiger charge is 2.31. The van der Waals surface area contributed by atoms with Crippen LogP contribution in [0.5, 0.6) is 0 Å². The van der Waals surface area contributed by atoms with Gasteiger partial charge in [0.05, 0.1) is 22.0 Å². The predicted octanol–water partition coefficient (Wildman–Crippen LogP) is 4.18. The molecule has 3 aromatic rings. The van der Waals surface area contributed by atoms with Gasteiger partial charge in [0.2, 0.25) is 11.8 Å². The van der Waals surface area contributed by atoms with Gasteiger partial charge in [0, 0.05) is 12.5 Å². The maximum Gasteiger partial charge on any atom is 0.416 e. The lowest BCUT2D eigenvalue weighted by Crippen LogP contribution is -2.32. The van der Waals surface area contributed by atoms with E-state index in [1.807, 2.05) is 0 Å². The average Bonchev–Trinajstić information content (AvgIpc) is 2.72. The predicted molar refractivity (Wildman–Crippen MR) is 113 cm³/mol. The summed E-state index contributed by atoms with van der Waals surface area (Å²) < 4.78 is 39.6. The molecular formula is C21H16ClF3N4O3. The summed E-state index contributed by atoms with van der Waals surface area (Å²) in [5.74, 6) is -1.33. The van der Waals surface area contributed by atoms with E-state index in [1.165, 1.54) is 13.0 Å². The molecule has 166 valence electrons. The third kappa shape index (κ3) is 5.52. The highest BCUT2D eigenvalue weighted by atomic mass is 35.5. The molecule has 0 bridgehead atoms.